The Hall–Kier alpha value is -1.86. The van der Waals surface area contributed by atoms with Gasteiger partial charge in [0, 0.05) is 4.90 Å². The number of hydrogen-bond acceptors (Lipinski definition) is 5. The topological polar surface area (TPSA) is 84.8 Å². The number of carbonyl (C=O) groups is 1. The molecule has 0 fully saturated rings. The molecule has 2 aromatic rings. The molecule has 2 rings (SSSR count). The summed E-state index contributed by atoms with van der Waals surface area (Å²) in [5, 5.41) is 2.59. The number of halogens is 1. The van der Waals surface area contributed by atoms with Crippen molar-refractivity contribution in [1.82, 2.24) is 14.8 Å². The zero-order chi connectivity index (χ0) is 13.3. The summed E-state index contributed by atoms with van der Waals surface area (Å²) in [6.45, 7) is 0. The van der Waals surface area contributed by atoms with Gasteiger partial charge in [0.25, 0.3) is 10.8 Å². The van der Waals surface area contributed by atoms with E-state index in [2.05, 4.69) is 17.7 Å². The van der Waals surface area contributed by atoms with Gasteiger partial charge in [-0.1, -0.05) is 0 Å². The van der Waals surface area contributed by atoms with Gasteiger partial charge in [-0.05, 0) is 35.9 Å². The van der Waals surface area contributed by atoms with E-state index in [1.807, 2.05) is 4.98 Å². The smallest absolute Gasteiger partial charge is 0.274 e. The van der Waals surface area contributed by atoms with Crippen molar-refractivity contribution in [3.63, 3.8) is 0 Å². The van der Waals surface area contributed by atoms with Gasteiger partial charge < -0.3 is 0 Å². The monoisotopic (exact) mass is 283 g/mol. The second-order valence-corrected chi connectivity index (χ2v) is 4.17. The first-order valence-corrected chi connectivity index (χ1v) is 5.54. The summed E-state index contributed by atoms with van der Waals surface area (Å²) in [6.07, 6.45) is 0. The van der Waals surface area contributed by atoms with Crippen molar-refractivity contribution in [1.29, 1.82) is 0 Å². The second-order valence-electron chi connectivity index (χ2n) is 3.31. The SMILES string of the molecule is O=C(Cl)c1nn(-c2ccc(S)cc2)c(=O)[nH]c1=O. The molecule has 8 heteroatoms. The third-order valence-electron chi connectivity index (χ3n) is 2.11. The number of aromatic nitrogens is 3. The minimum Gasteiger partial charge on any atom is -0.274 e. The zero-order valence-corrected chi connectivity index (χ0v) is 10.4. The molecule has 0 unspecified atom stereocenters. The van der Waals surface area contributed by atoms with Crippen molar-refractivity contribution in [2.24, 2.45) is 0 Å². The lowest BCUT2D eigenvalue weighted by Crippen LogP contribution is -2.34. The van der Waals surface area contributed by atoms with Crippen molar-refractivity contribution in [3.8, 4) is 5.69 Å². The second kappa shape index (κ2) is 4.79. The molecule has 0 aliphatic heterocycles. The lowest BCUT2D eigenvalue weighted by atomic mass is 10.3. The molecule has 92 valence electrons. The van der Waals surface area contributed by atoms with Crippen LogP contribution in [0.4, 0.5) is 0 Å². The summed E-state index contributed by atoms with van der Waals surface area (Å²) in [5.74, 6) is 0. The predicted octanol–water partition coefficient (Wildman–Crippen LogP) is 0.588. The standard InChI is InChI=1S/C10H6ClN3O3S/c11-8(15)7-9(16)12-10(17)14(13-7)5-1-3-6(18)4-2-5/h1-4,18H,(H,12,16,17). The molecule has 6 nitrogen and oxygen atoms in total. The quantitative estimate of drug-likeness (QED) is 0.624. The number of nitrogens with one attached hydrogen (secondary N) is 1. The number of rotatable bonds is 2. The normalized spacial score (nSPS) is 10.3. The van der Waals surface area contributed by atoms with Gasteiger partial charge in [-0.15, -0.1) is 12.6 Å². The summed E-state index contributed by atoms with van der Waals surface area (Å²) in [5.41, 5.74) is -1.82. The molecule has 18 heavy (non-hydrogen) atoms. The van der Waals surface area contributed by atoms with Crippen LogP contribution in [0.1, 0.15) is 10.5 Å². The predicted molar refractivity (Wildman–Crippen MR) is 67.9 cm³/mol. The average molecular weight is 284 g/mol. The Bertz CT molecular complexity index is 720. The fraction of sp³-hybridized carbons (Fsp3) is 0. The molecule has 1 heterocycles. The number of benzene rings is 1. The Morgan fingerprint density at radius 2 is 1.89 bits per heavy atom. The molecule has 1 aromatic carbocycles. The maximum Gasteiger partial charge on any atom is 0.349 e. The lowest BCUT2D eigenvalue weighted by Gasteiger charge is -2.04. The summed E-state index contributed by atoms with van der Waals surface area (Å²) in [7, 11) is 0. The van der Waals surface area contributed by atoms with Gasteiger partial charge >= 0.3 is 5.69 Å². The minimum atomic E-state index is -1.03. The van der Waals surface area contributed by atoms with Gasteiger partial charge in [-0.25, -0.2) is 4.79 Å². The van der Waals surface area contributed by atoms with Gasteiger partial charge in [0.15, 0.2) is 0 Å². The summed E-state index contributed by atoms with van der Waals surface area (Å²) in [6, 6.07) is 6.41. The van der Waals surface area contributed by atoms with Crippen LogP contribution in [0.25, 0.3) is 5.69 Å². The number of H-pyrrole nitrogens is 1. The summed E-state index contributed by atoms with van der Waals surface area (Å²) < 4.78 is 0.879. The van der Waals surface area contributed by atoms with Crippen LogP contribution in [0.3, 0.4) is 0 Å². The molecular weight excluding hydrogens is 278 g/mol. The number of carbonyl (C=O) groups excluding carboxylic acids is 1. The first-order valence-electron chi connectivity index (χ1n) is 4.72. The van der Waals surface area contributed by atoms with Crippen molar-refractivity contribution < 1.29 is 4.79 Å². The molecule has 0 amide bonds. The molecule has 1 N–H and O–H groups in total. The van der Waals surface area contributed by atoms with E-state index in [4.69, 9.17) is 11.6 Å². The van der Waals surface area contributed by atoms with Crippen molar-refractivity contribution in [2.75, 3.05) is 0 Å². The molecule has 0 bridgehead atoms. The molecule has 0 radical (unpaired) electrons. The van der Waals surface area contributed by atoms with E-state index < -0.39 is 22.2 Å². The molecular formula is C10H6ClN3O3S. The molecule has 0 saturated heterocycles. The first-order chi connectivity index (χ1) is 8.49. The maximum absolute atomic E-state index is 11.6. The van der Waals surface area contributed by atoms with E-state index in [1.165, 1.54) is 0 Å². The van der Waals surface area contributed by atoms with E-state index in [-0.39, 0.29) is 0 Å². The summed E-state index contributed by atoms with van der Waals surface area (Å²) >= 11 is 9.29. The molecule has 0 aliphatic carbocycles. The van der Waals surface area contributed by atoms with Crippen molar-refractivity contribution in [2.45, 2.75) is 4.90 Å². The molecule has 1 aromatic heterocycles. The van der Waals surface area contributed by atoms with Crippen LogP contribution < -0.4 is 11.2 Å². The van der Waals surface area contributed by atoms with Gasteiger partial charge in [0.1, 0.15) is 0 Å². The average Bonchev–Trinajstić information content (AvgIpc) is 2.30. The Morgan fingerprint density at radius 1 is 1.28 bits per heavy atom. The van der Waals surface area contributed by atoms with Gasteiger partial charge in [-0.2, -0.15) is 9.78 Å². The first kappa shape index (κ1) is 12.6. The van der Waals surface area contributed by atoms with Gasteiger partial charge in [-0.3, -0.25) is 14.6 Å². The van der Waals surface area contributed by atoms with E-state index in [0.717, 1.165) is 4.68 Å². The number of hydrogen-bond donors (Lipinski definition) is 2. The number of thiol groups is 1. The highest BCUT2D eigenvalue weighted by Gasteiger charge is 2.13. The van der Waals surface area contributed by atoms with Crippen LogP contribution in [0.5, 0.6) is 0 Å². The Labute approximate surface area is 111 Å². The lowest BCUT2D eigenvalue weighted by molar-refractivity contribution is 0.107. The number of aromatic amines is 1. The molecule has 0 saturated carbocycles. The van der Waals surface area contributed by atoms with E-state index in [1.54, 1.807) is 24.3 Å². The zero-order valence-electron chi connectivity index (χ0n) is 8.75. The van der Waals surface area contributed by atoms with Crippen LogP contribution in [-0.2, 0) is 0 Å². The Balaban J connectivity index is 2.68. The molecule has 0 spiro atoms. The Morgan fingerprint density at radius 3 is 2.44 bits per heavy atom. The summed E-state index contributed by atoms with van der Waals surface area (Å²) in [4.78, 5) is 36.5. The van der Waals surface area contributed by atoms with Crippen molar-refractivity contribution in [3.05, 3.63) is 50.8 Å². The largest absolute Gasteiger partial charge is 0.349 e. The van der Waals surface area contributed by atoms with Crippen LogP contribution >= 0.6 is 24.2 Å². The third kappa shape index (κ3) is 2.36. The van der Waals surface area contributed by atoms with Crippen molar-refractivity contribution >= 4 is 29.5 Å². The van der Waals surface area contributed by atoms with Crippen LogP contribution in [0, 0.1) is 0 Å². The number of nitrogens with zero attached hydrogens (tertiary/aromatic N) is 2. The van der Waals surface area contributed by atoms with Crippen LogP contribution in [0.15, 0.2) is 38.8 Å². The van der Waals surface area contributed by atoms with Crippen LogP contribution in [-0.4, -0.2) is 20.0 Å². The van der Waals surface area contributed by atoms with Gasteiger partial charge in [0.2, 0.25) is 5.69 Å². The minimum absolute atomic E-state index is 0.383. The van der Waals surface area contributed by atoms with E-state index in [9.17, 15) is 14.4 Å². The fourth-order valence-electron chi connectivity index (χ4n) is 1.30. The van der Waals surface area contributed by atoms with E-state index >= 15 is 0 Å². The highest BCUT2D eigenvalue weighted by Crippen LogP contribution is 2.09. The highest BCUT2D eigenvalue weighted by atomic mass is 35.5. The van der Waals surface area contributed by atoms with Crippen LogP contribution in [0.2, 0.25) is 0 Å². The van der Waals surface area contributed by atoms with Gasteiger partial charge in [0.05, 0.1) is 5.69 Å². The molecule has 0 aliphatic rings. The maximum atomic E-state index is 11.6. The molecule has 0 atom stereocenters. The Kier molecular flexibility index (Phi) is 3.35. The fourth-order valence-corrected chi connectivity index (χ4v) is 1.57. The van der Waals surface area contributed by atoms with E-state index in [0.29, 0.717) is 10.6 Å². The third-order valence-corrected chi connectivity index (χ3v) is 2.59. The highest BCUT2D eigenvalue weighted by molar-refractivity contribution is 7.80.